The highest BCUT2D eigenvalue weighted by Gasteiger charge is 2.42. The Morgan fingerprint density at radius 2 is 1.08 bits per heavy atom. The molecule has 1 aromatic rings. The van der Waals surface area contributed by atoms with Gasteiger partial charge in [0.25, 0.3) is 11.8 Å². The maximum atomic E-state index is 13.2. The summed E-state index contributed by atoms with van der Waals surface area (Å²) in [5.41, 5.74) is -1.38. The molecule has 0 atom stereocenters. The fourth-order valence-corrected chi connectivity index (χ4v) is 5.18. The van der Waals surface area contributed by atoms with Crippen molar-refractivity contribution in [3.05, 3.63) is 60.7 Å². The van der Waals surface area contributed by atoms with Crippen LogP contribution in [0.5, 0.6) is 0 Å². The van der Waals surface area contributed by atoms with E-state index in [4.69, 9.17) is 0 Å². The molecule has 3 rings (SSSR count). The Morgan fingerprint density at radius 1 is 0.694 bits per heavy atom. The molecule has 0 bridgehead atoms. The second kappa shape index (κ2) is 12.5. The molecule has 0 saturated heterocycles. The normalized spacial score (nSPS) is 18.2. The molecular weight excluding hydrogens is 456 g/mol. The summed E-state index contributed by atoms with van der Waals surface area (Å²) in [5.74, 6) is -1.24. The van der Waals surface area contributed by atoms with E-state index in [2.05, 4.69) is 34.4 Å². The number of amides is 4. The van der Waals surface area contributed by atoms with Gasteiger partial charge in [-0.2, -0.15) is 0 Å². The van der Waals surface area contributed by atoms with Gasteiger partial charge in [0.15, 0.2) is 0 Å². The number of rotatable bonds is 10. The third kappa shape index (κ3) is 6.42. The second-order valence-corrected chi connectivity index (χ2v) is 9.77. The molecule has 2 aliphatic carbocycles. The zero-order valence-electron chi connectivity index (χ0n) is 21.0. The van der Waals surface area contributed by atoms with Crippen LogP contribution >= 0.6 is 0 Å². The summed E-state index contributed by atoms with van der Waals surface area (Å²) in [4.78, 5) is 52.3. The lowest BCUT2D eigenvalue weighted by molar-refractivity contribution is -0.129. The highest BCUT2D eigenvalue weighted by molar-refractivity contribution is 6.03. The average molecular weight is 495 g/mol. The Balaban J connectivity index is 1.77. The van der Waals surface area contributed by atoms with Crippen molar-refractivity contribution < 1.29 is 19.2 Å². The maximum absolute atomic E-state index is 13.2. The lowest BCUT2D eigenvalue weighted by Gasteiger charge is -2.37. The Morgan fingerprint density at radius 3 is 1.44 bits per heavy atom. The van der Waals surface area contributed by atoms with Crippen molar-refractivity contribution in [3.63, 3.8) is 0 Å². The Kier molecular flexibility index (Phi) is 9.44. The third-order valence-corrected chi connectivity index (χ3v) is 7.19. The topological polar surface area (TPSA) is 116 Å². The van der Waals surface area contributed by atoms with Gasteiger partial charge in [-0.25, -0.2) is 0 Å². The van der Waals surface area contributed by atoms with Crippen LogP contribution in [0.3, 0.4) is 0 Å². The zero-order chi connectivity index (χ0) is 26.0. The van der Waals surface area contributed by atoms with Crippen LogP contribution in [0.2, 0.25) is 0 Å². The molecule has 0 aliphatic heterocycles. The quantitative estimate of drug-likeness (QED) is 0.374. The third-order valence-electron chi connectivity index (χ3n) is 7.19. The molecule has 0 heterocycles. The van der Waals surface area contributed by atoms with Crippen LogP contribution in [0.15, 0.2) is 49.6 Å². The van der Waals surface area contributed by atoms with Crippen LogP contribution in [0.4, 0.5) is 0 Å². The first-order valence-corrected chi connectivity index (χ1v) is 12.9. The fraction of sp³-hybridized carbons (Fsp3) is 0.500. The number of carbonyl (C=O) groups excluding carboxylic acids is 4. The van der Waals surface area contributed by atoms with E-state index in [-0.39, 0.29) is 22.9 Å². The summed E-state index contributed by atoms with van der Waals surface area (Å²) in [5, 5.41) is 11.6. The van der Waals surface area contributed by atoms with Gasteiger partial charge in [0.05, 0.1) is 0 Å². The van der Waals surface area contributed by atoms with Crippen molar-refractivity contribution in [2.75, 3.05) is 13.1 Å². The first kappa shape index (κ1) is 27.2. The first-order valence-electron chi connectivity index (χ1n) is 12.9. The minimum absolute atomic E-state index is 0.214. The molecule has 8 heteroatoms. The molecule has 0 spiro atoms. The largest absolute Gasteiger partial charge is 0.351 e. The molecule has 4 N–H and O–H groups in total. The highest BCUT2D eigenvalue weighted by Crippen LogP contribution is 2.30. The predicted octanol–water partition coefficient (Wildman–Crippen LogP) is 3.16. The van der Waals surface area contributed by atoms with E-state index in [0.29, 0.717) is 38.8 Å². The van der Waals surface area contributed by atoms with Crippen LogP contribution < -0.4 is 21.3 Å². The van der Waals surface area contributed by atoms with Crippen LogP contribution in [0, 0.1) is 0 Å². The van der Waals surface area contributed by atoms with Gasteiger partial charge in [0, 0.05) is 24.2 Å². The summed E-state index contributed by atoms with van der Waals surface area (Å²) in [6.07, 6.45) is 10.9. The van der Waals surface area contributed by atoms with Gasteiger partial charge in [-0.05, 0) is 43.9 Å². The van der Waals surface area contributed by atoms with Gasteiger partial charge in [-0.1, -0.05) is 56.7 Å². The number of benzene rings is 1. The van der Waals surface area contributed by atoms with Crippen molar-refractivity contribution >= 4 is 23.6 Å². The summed E-state index contributed by atoms with van der Waals surface area (Å²) in [6, 6.07) is 6.40. The molecule has 2 saturated carbocycles. The zero-order valence-corrected chi connectivity index (χ0v) is 21.0. The van der Waals surface area contributed by atoms with Gasteiger partial charge in [0.1, 0.15) is 11.1 Å². The van der Waals surface area contributed by atoms with E-state index in [1.54, 1.807) is 30.4 Å². The molecule has 194 valence electrons. The van der Waals surface area contributed by atoms with Crippen LogP contribution in [0.1, 0.15) is 84.9 Å². The van der Waals surface area contributed by atoms with E-state index in [0.717, 1.165) is 38.5 Å². The van der Waals surface area contributed by atoms with E-state index < -0.39 is 22.9 Å². The maximum Gasteiger partial charge on any atom is 0.252 e. The van der Waals surface area contributed by atoms with Gasteiger partial charge in [-0.15, -0.1) is 13.2 Å². The molecule has 2 aliphatic rings. The number of hydrogen-bond donors (Lipinski definition) is 4. The van der Waals surface area contributed by atoms with Gasteiger partial charge >= 0.3 is 0 Å². The van der Waals surface area contributed by atoms with Crippen molar-refractivity contribution in [1.29, 1.82) is 0 Å². The summed E-state index contributed by atoms with van der Waals surface area (Å²) in [6.45, 7) is 7.93. The van der Waals surface area contributed by atoms with Crippen LogP contribution in [0.25, 0.3) is 0 Å². The van der Waals surface area contributed by atoms with Gasteiger partial charge in [-0.3, -0.25) is 19.2 Å². The van der Waals surface area contributed by atoms with Crippen molar-refractivity contribution in [2.45, 2.75) is 75.3 Å². The molecular formula is C28H38N4O4. The second-order valence-electron chi connectivity index (χ2n) is 9.77. The molecule has 0 unspecified atom stereocenters. The predicted molar refractivity (Wildman–Crippen MR) is 139 cm³/mol. The molecule has 8 nitrogen and oxygen atoms in total. The lowest BCUT2D eigenvalue weighted by atomic mass is 9.80. The molecule has 1 aromatic carbocycles. The highest BCUT2D eigenvalue weighted by atomic mass is 16.2. The summed E-state index contributed by atoms with van der Waals surface area (Å²) < 4.78 is 0. The molecule has 2 fully saturated rings. The number of hydrogen-bond acceptors (Lipinski definition) is 4. The molecule has 36 heavy (non-hydrogen) atoms. The number of nitrogens with one attached hydrogen (secondary N) is 4. The Hall–Kier alpha value is -3.42. The SMILES string of the molecule is C=CCNC(=O)C1(NC(=O)c2cccc(C(=O)NC3(C(=O)NCC=C)CCCCC3)c2)CCCCC1. The number of carbonyl (C=O) groups is 4. The fourth-order valence-electron chi connectivity index (χ4n) is 5.18. The van der Waals surface area contributed by atoms with E-state index in [1.807, 2.05) is 0 Å². The lowest BCUT2D eigenvalue weighted by Crippen LogP contribution is -2.60. The Labute approximate surface area is 213 Å². The monoisotopic (exact) mass is 494 g/mol. The molecule has 0 aromatic heterocycles. The average Bonchev–Trinajstić information content (AvgIpc) is 2.91. The standard InChI is InChI=1S/C28H38N4O4/c1-3-18-29-25(35)27(14-7-5-8-15-27)31-23(33)21-12-11-13-22(20-21)24(34)32-28(16-9-6-10-17-28)26(36)30-19-4-2/h3-4,11-13,20H,1-2,5-10,14-19H2,(H,29,35)(H,30,36)(H,31,33)(H,32,34). The molecule has 4 amide bonds. The Bertz CT molecular complexity index is 916. The minimum Gasteiger partial charge on any atom is -0.351 e. The van der Waals surface area contributed by atoms with E-state index in [9.17, 15) is 19.2 Å². The minimum atomic E-state index is -0.980. The van der Waals surface area contributed by atoms with Crippen LogP contribution in [-0.2, 0) is 9.59 Å². The summed E-state index contributed by atoms with van der Waals surface area (Å²) in [7, 11) is 0. The molecule has 0 radical (unpaired) electrons. The van der Waals surface area contributed by atoms with E-state index >= 15 is 0 Å². The van der Waals surface area contributed by atoms with Crippen molar-refractivity contribution in [3.8, 4) is 0 Å². The van der Waals surface area contributed by atoms with Crippen molar-refractivity contribution in [2.24, 2.45) is 0 Å². The first-order chi connectivity index (χ1) is 17.4. The summed E-state index contributed by atoms with van der Waals surface area (Å²) >= 11 is 0. The van der Waals surface area contributed by atoms with Crippen LogP contribution in [-0.4, -0.2) is 47.8 Å². The smallest absolute Gasteiger partial charge is 0.252 e. The van der Waals surface area contributed by atoms with Crippen molar-refractivity contribution in [1.82, 2.24) is 21.3 Å². The van der Waals surface area contributed by atoms with E-state index in [1.165, 1.54) is 6.07 Å². The van der Waals surface area contributed by atoms with Gasteiger partial charge < -0.3 is 21.3 Å². The van der Waals surface area contributed by atoms with Gasteiger partial charge in [0.2, 0.25) is 11.8 Å².